The highest BCUT2D eigenvalue weighted by Gasteiger charge is 2.41. The summed E-state index contributed by atoms with van der Waals surface area (Å²) >= 11 is 0. The fraction of sp³-hybridized carbons (Fsp3) is 0.409. The zero-order valence-corrected chi connectivity index (χ0v) is 17.3. The number of pyridine rings is 1. The van der Waals surface area contributed by atoms with Gasteiger partial charge in [-0.05, 0) is 31.4 Å². The fourth-order valence-corrected chi connectivity index (χ4v) is 4.66. The lowest BCUT2D eigenvalue weighted by atomic mass is 10.0. The van der Waals surface area contributed by atoms with Crippen LogP contribution >= 0.6 is 0 Å². The molecule has 4 heterocycles. The van der Waals surface area contributed by atoms with Crippen LogP contribution < -0.4 is 9.80 Å². The molecule has 1 fully saturated rings. The second-order valence-electron chi connectivity index (χ2n) is 7.91. The van der Waals surface area contributed by atoms with Crippen LogP contribution in [0.1, 0.15) is 39.0 Å². The predicted molar refractivity (Wildman–Crippen MR) is 115 cm³/mol. The Kier molecular flexibility index (Phi) is 4.69. The highest BCUT2D eigenvalue weighted by Crippen LogP contribution is 2.39. The van der Waals surface area contributed by atoms with E-state index in [-0.39, 0.29) is 11.9 Å². The third-order valence-electron chi connectivity index (χ3n) is 6.18. The summed E-state index contributed by atoms with van der Waals surface area (Å²) in [7, 11) is 1.82. The zero-order valence-electron chi connectivity index (χ0n) is 17.3. The van der Waals surface area contributed by atoms with Gasteiger partial charge in [0, 0.05) is 43.4 Å². The first-order chi connectivity index (χ1) is 14.7. The Balaban J connectivity index is 1.63. The third-order valence-corrected chi connectivity index (χ3v) is 6.18. The second-order valence-corrected chi connectivity index (χ2v) is 7.91. The van der Waals surface area contributed by atoms with Gasteiger partial charge in [0.25, 0.3) is 0 Å². The number of fused-ring (bicyclic) bond motifs is 1. The van der Waals surface area contributed by atoms with Gasteiger partial charge in [0.05, 0.1) is 6.20 Å². The number of hydrogen-bond acceptors (Lipinski definition) is 6. The Morgan fingerprint density at radius 1 is 1.13 bits per heavy atom. The van der Waals surface area contributed by atoms with Gasteiger partial charge in [-0.3, -0.25) is 14.3 Å². The minimum Gasteiger partial charge on any atom is -0.340 e. The summed E-state index contributed by atoms with van der Waals surface area (Å²) in [6.07, 6.45) is 14.2. The number of imidazole rings is 1. The Labute approximate surface area is 175 Å². The van der Waals surface area contributed by atoms with E-state index < -0.39 is 0 Å². The number of amides is 1. The lowest BCUT2D eigenvalue weighted by Crippen LogP contribution is -2.55. The maximum atomic E-state index is 13.0. The van der Waals surface area contributed by atoms with Crippen molar-refractivity contribution < 1.29 is 4.79 Å². The quantitative estimate of drug-likeness (QED) is 0.665. The molecule has 8 nitrogen and oxygen atoms in total. The van der Waals surface area contributed by atoms with Crippen molar-refractivity contribution in [1.82, 2.24) is 24.5 Å². The molecule has 3 aromatic rings. The first-order valence-corrected chi connectivity index (χ1v) is 10.6. The summed E-state index contributed by atoms with van der Waals surface area (Å²) in [4.78, 5) is 35.3. The summed E-state index contributed by atoms with van der Waals surface area (Å²) < 4.78 is 1.88. The summed E-state index contributed by atoms with van der Waals surface area (Å²) in [5.41, 5.74) is 1.67. The van der Waals surface area contributed by atoms with Crippen LogP contribution in [0.2, 0.25) is 0 Å². The molecule has 1 aliphatic carbocycles. The number of aromatic nitrogens is 5. The second kappa shape index (κ2) is 7.51. The molecule has 0 saturated heterocycles. The van der Waals surface area contributed by atoms with E-state index in [1.807, 2.05) is 29.9 Å². The lowest BCUT2D eigenvalue weighted by molar-refractivity contribution is -0.120. The molecule has 0 N–H and O–H groups in total. The Morgan fingerprint density at radius 2 is 1.97 bits per heavy atom. The van der Waals surface area contributed by atoms with Gasteiger partial charge in [-0.1, -0.05) is 19.8 Å². The molecular formula is C22H25N7O. The molecule has 5 rings (SSSR count). The predicted octanol–water partition coefficient (Wildman–Crippen LogP) is 3.23. The zero-order chi connectivity index (χ0) is 20.7. The molecule has 1 aliphatic heterocycles. The number of likely N-dealkylation sites (N-methyl/N-ethyl adjacent to an activating group) is 1. The fourth-order valence-electron chi connectivity index (χ4n) is 4.66. The molecule has 1 saturated carbocycles. The maximum absolute atomic E-state index is 13.0. The van der Waals surface area contributed by atoms with Crippen molar-refractivity contribution >= 4 is 17.4 Å². The largest absolute Gasteiger partial charge is 0.340 e. The molecule has 1 unspecified atom stereocenters. The van der Waals surface area contributed by atoms with Crippen molar-refractivity contribution in [2.75, 3.05) is 16.8 Å². The Hall–Kier alpha value is -3.29. The Morgan fingerprint density at radius 3 is 2.70 bits per heavy atom. The first kappa shape index (κ1) is 18.7. The van der Waals surface area contributed by atoms with Crippen LogP contribution in [0.5, 0.6) is 0 Å². The summed E-state index contributed by atoms with van der Waals surface area (Å²) in [5.74, 6) is 2.24. The minimum atomic E-state index is -0.186. The van der Waals surface area contributed by atoms with Gasteiger partial charge in [-0.25, -0.2) is 9.97 Å². The average Bonchev–Trinajstić information content (AvgIpc) is 3.48. The van der Waals surface area contributed by atoms with Gasteiger partial charge < -0.3 is 9.80 Å². The van der Waals surface area contributed by atoms with Gasteiger partial charge in [0.2, 0.25) is 11.9 Å². The van der Waals surface area contributed by atoms with E-state index in [0.29, 0.717) is 12.0 Å². The van der Waals surface area contributed by atoms with E-state index in [1.54, 1.807) is 29.7 Å². The van der Waals surface area contributed by atoms with E-state index in [1.165, 1.54) is 12.8 Å². The standard InChI is InChI=1S/C22H25N7O/c1-3-17-21(30)27(2)18-14-25-22(26-20(18)29(17)16-8-4-5-9-16)28-12-11-24-19(28)15-7-6-10-23-13-15/h6-7,10-14,16-17H,3-5,8-9H2,1-2H3. The van der Waals surface area contributed by atoms with Gasteiger partial charge in [-0.2, -0.15) is 4.98 Å². The van der Waals surface area contributed by atoms with Crippen molar-refractivity contribution in [3.05, 3.63) is 43.1 Å². The monoisotopic (exact) mass is 403 g/mol. The minimum absolute atomic E-state index is 0.118. The molecule has 0 aromatic carbocycles. The molecule has 1 amide bonds. The highest BCUT2D eigenvalue weighted by molar-refractivity contribution is 6.04. The van der Waals surface area contributed by atoms with Crippen LogP contribution in [-0.4, -0.2) is 49.5 Å². The lowest BCUT2D eigenvalue weighted by Gasteiger charge is -2.43. The van der Waals surface area contributed by atoms with Crippen molar-refractivity contribution in [1.29, 1.82) is 0 Å². The van der Waals surface area contributed by atoms with Crippen LogP contribution in [-0.2, 0) is 4.79 Å². The molecular weight excluding hydrogens is 378 g/mol. The van der Waals surface area contributed by atoms with Gasteiger partial charge in [0.15, 0.2) is 5.82 Å². The summed E-state index contributed by atoms with van der Waals surface area (Å²) in [5, 5.41) is 0. The van der Waals surface area contributed by atoms with Crippen LogP contribution in [0, 0.1) is 0 Å². The van der Waals surface area contributed by atoms with E-state index >= 15 is 0 Å². The molecule has 3 aromatic heterocycles. The molecule has 30 heavy (non-hydrogen) atoms. The van der Waals surface area contributed by atoms with Gasteiger partial charge in [0.1, 0.15) is 17.6 Å². The molecule has 0 radical (unpaired) electrons. The van der Waals surface area contributed by atoms with E-state index in [0.717, 1.165) is 42.2 Å². The van der Waals surface area contributed by atoms with Crippen molar-refractivity contribution in [2.45, 2.75) is 51.1 Å². The highest BCUT2D eigenvalue weighted by atomic mass is 16.2. The number of rotatable bonds is 4. The number of nitrogens with zero attached hydrogens (tertiary/aromatic N) is 7. The van der Waals surface area contributed by atoms with E-state index in [2.05, 4.69) is 26.8 Å². The summed E-state index contributed by atoms with van der Waals surface area (Å²) in [6.45, 7) is 2.07. The number of anilines is 2. The topological polar surface area (TPSA) is 80.0 Å². The Bertz CT molecular complexity index is 1060. The molecule has 0 spiro atoms. The van der Waals surface area contributed by atoms with E-state index in [4.69, 9.17) is 4.98 Å². The number of carbonyl (C=O) groups is 1. The van der Waals surface area contributed by atoms with Crippen LogP contribution in [0.25, 0.3) is 17.3 Å². The smallest absolute Gasteiger partial charge is 0.249 e. The summed E-state index contributed by atoms with van der Waals surface area (Å²) in [6, 6.07) is 4.01. The van der Waals surface area contributed by atoms with Crippen LogP contribution in [0.4, 0.5) is 11.5 Å². The average molecular weight is 403 g/mol. The number of carbonyl (C=O) groups excluding carboxylic acids is 1. The van der Waals surface area contributed by atoms with E-state index in [9.17, 15) is 4.79 Å². The van der Waals surface area contributed by atoms with Crippen molar-refractivity contribution in [2.24, 2.45) is 0 Å². The van der Waals surface area contributed by atoms with Crippen molar-refractivity contribution in [3.63, 3.8) is 0 Å². The van der Waals surface area contributed by atoms with Crippen molar-refractivity contribution in [3.8, 4) is 17.3 Å². The molecule has 1 atom stereocenters. The molecule has 8 heteroatoms. The molecule has 2 aliphatic rings. The number of hydrogen-bond donors (Lipinski definition) is 0. The molecule has 154 valence electrons. The maximum Gasteiger partial charge on any atom is 0.249 e. The van der Waals surface area contributed by atoms with Gasteiger partial charge >= 0.3 is 0 Å². The van der Waals surface area contributed by atoms with Crippen LogP contribution in [0.3, 0.4) is 0 Å². The molecule has 0 bridgehead atoms. The first-order valence-electron chi connectivity index (χ1n) is 10.6. The normalized spacial score (nSPS) is 19.4. The van der Waals surface area contributed by atoms with Gasteiger partial charge in [-0.15, -0.1) is 0 Å². The van der Waals surface area contributed by atoms with Crippen LogP contribution in [0.15, 0.2) is 43.1 Å². The SMILES string of the molecule is CCC1C(=O)N(C)c2cnc(-n3ccnc3-c3cccnc3)nc2N1C1CCCC1. The third kappa shape index (κ3) is 2.94.